The maximum Gasteiger partial charge on any atom is 0.136 e. The third-order valence-electron chi connectivity index (χ3n) is 7.44. The molecule has 2 heteroatoms. The zero-order valence-electron chi connectivity index (χ0n) is 19.2. The molecule has 0 atom stereocenters. The van der Waals surface area contributed by atoms with Crippen molar-refractivity contribution in [2.75, 3.05) is 0 Å². The molecule has 0 bridgehead atoms. The highest BCUT2D eigenvalue weighted by Gasteiger charge is 2.21. The smallest absolute Gasteiger partial charge is 0.136 e. The van der Waals surface area contributed by atoms with Crippen molar-refractivity contribution in [2.24, 2.45) is 0 Å². The largest absolute Gasteiger partial charge is 0.456 e. The predicted molar refractivity (Wildman–Crippen MR) is 148 cm³/mol. The highest BCUT2D eigenvalue weighted by atomic mass is 16.3. The van der Waals surface area contributed by atoms with Gasteiger partial charge in [0.15, 0.2) is 0 Å². The summed E-state index contributed by atoms with van der Waals surface area (Å²) in [5.41, 5.74) is 6.70. The minimum absolute atomic E-state index is 0.930. The fraction of sp³-hybridized carbons (Fsp3) is 0.0303. The molecule has 164 valence electrons. The number of aromatic nitrogens is 1. The lowest BCUT2D eigenvalue weighted by Crippen LogP contribution is -1.93. The molecular weight excluding hydrogens is 426 g/mol. The van der Waals surface area contributed by atoms with Crippen LogP contribution in [0.3, 0.4) is 0 Å². The Morgan fingerprint density at radius 2 is 1.06 bits per heavy atom. The second-order valence-corrected chi connectivity index (χ2v) is 9.45. The van der Waals surface area contributed by atoms with E-state index in [4.69, 9.17) is 4.42 Å². The lowest BCUT2D eigenvalue weighted by molar-refractivity contribution is 0.669. The number of benzene rings is 6. The molecule has 0 radical (unpaired) electrons. The van der Waals surface area contributed by atoms with Gasteiger partial charge in [0.05, 0.1) is 11.0 Å². The van der Waals surface area contributed by atoms with Crippen molar-refractivity contribution < 1.29 is 4.42 Å². The van der Waals surface area contributed by atoms with Gasteiger partial charge in [0, 0.05) is 27.2 Å². The normalized spacial score (nSPS) is 12.1. The van der Waals surface area contributed by atoms with E-state index in [1.165, 1.54) is 65.4 Å². The fourth-order valence-corrected chi connectivity index (χ4v) is 5.87. The minimum atomic E-state index is 0.930. The van der Waals surface area contributed by atoms with E-state index >= 15 is 0 Å². The number of hydrogen-bond acceptors (Lipinski definition) is 1. The SMILES string of the molecule is Cc1ccc(-n2c3ccc4ccccc4c3c3c4c(ccc32)oc2ccc3ccccc3c24)cc1. The monoisotopic (exact) mass is 447 g/mol. The van der Waals surface area contributed by atoms with E-state index in [1.54, 1.807) is 0 Å². The molecule has 8 rings (SSSR count). The van der Waals surface area contributed by atoms with Crippen LogP contribution in [0.5, 0.6) is 0 Å². The summed E-state index contributed by atoms with van der Waals surface area (Å²) >= 11 is 0. The summed E-state index contributed by atoms with van der Waals surface area (Å²) in [6, 6.07) is 39.2. The summed E-state index contributed by atoms with van der Waals surface area (Å²) in [5.74, 6) is 0. The zero-order chi connectivity index (χ0) is 23.1. The highest BCUT2D eigenvalue weighted by Crippen LogP contribution is 2.45. The quantitative estimate of drug-likeness (QED) is 0.245. The summed E-state index contributed by atoms with van der Waals surface area (Å²) < 4.78 is 8.85. The predicted octanol–water partition coefficient (Wildman–Crippen LogP) is 9.30. The van der Waals surface area contributed by atoms with Crippen molar-refractivity contribution in [1.29, 1.82) is 0 Å². The number of hydrogen-bond donors (Lipinski definition) is 0. The molecule has 0 aliphatic carbocycles. The molecule has 6 aromatic carbocycles. The first kappa shape index (κ1) is 18.8. The number of nitrogens with zero attached hydrogens (tertiary/aromatic N) is 1. The fourth-order valence-electron chi connectivity index (χ4n) is 5.87. The standard InChI is InChI=1S/C33H21NO/c1-20-10-14-23(15-11-20)34-26-16-12-21-6-2-4-8-24(21)30(26)32-27(34)17-19-29-33(32)31-25-9-5-3-7-22(25)13-18-28(31)35-29/h2-19H,1H3. The summed E-state index contributed by atoms with van der Waals surface area (Å²) in [6.07, 6.45) is 0. The molecule has 0 unspecified atom stereocenters. The summed E-state index contributed by atoms with van der Waals surface area (Å²) in [7, 11) is 0. The van der Waals surface area contributed by atoms with Gasteiger partial charge in [-0.2, -0.15) is 0 Å². The van der Waals surface area contributed by atoms with Gasteiger partial charge in [-0.05, 0) is 64.9 Å². The third-order valence-corrected chi connectivity index (χ3v) is 7.44. The maximum absolute atomic E-state index is 6.45. The van der Waals surface area contributed by atoms with Gasteiger partial charge in [0.2, 0.25) is 0 Å². The van der Waals surface area contributed by atoms with Crippen LogP contribution in [0.4, 0.5) is 0 Å². The van der Waals surface area contributed by atoms with E-state index in [9.17, 15) is 0 Å². The van der Waals surface area contributed by atoms with Crippen molar-refractivity contribution >= 4 is 65.3 Å². The van der Waals surface area contributed by atoms with E-state index in [0.717, 1.165) is 11.2 Å². The molecule has 2 nitrogen and oxygen atoms in total. The second-order valence-electron chi connectivity index (χ2n) is 9.45. The van der Waals surface area contributed by atoms with Crippen LogP contribution < -0.4 is 0 Å². The van der Waals surface area contributed by atoms with Crippen LogP contribution in [-0.2, 0) is 0 Å². The van der Waals surface area contributed by atoms with Gasteiger partial charge in [0.25, 0.3) is 0 Å². The maximum atomic E-state index is 6.45. The summed E-state index contributed by atoms with van der Waals surface area (Å²) in [4.78, 5) is 0. The van der Waals surface area contributed by atoms with Gasteiger partial charge < -0.3 is 8.98 Å². The van der Waals surface area contributed by atoms with Gasteiger partial charge in [0.1, 0.15) is 11.2 Å². The van der Waals surface area contributed by atoms with Crippen molar-refractivity contribution in [3.8, 4) is 5.69 Å². The number of aryl methyl sites for hydroxylation is 1. The van der Waals surface area contributed by atoms with Crippen molar-refractivity contribution in [2.45, 2.75) is 6.92 Å². The van der Waals surface area contributed by atoms with Crippen molar-refractivity contribution in [3.63, 3.8) is 0 Å². The molecule has 0 N–H and O–H groups in total. The lowest BCUT2D eigenvalue weighted by Gasteiger charge is -2.08. The average Bonchev–Trinajstić information content (AvgIpc) is 3.45. The van der Waals surface area contributed by atoms with Crippen LogP contribution in [0.2, 0.25) is 0 Å². The topological polar surface area (TPSA) is 18.1 Å². The Balaban J connectivity index is 1.70. The van der Waals surface area contributed by atoms with Gasteiger partial charge in [-0.25, -0.2) is 0 Å². The molecule has 0 saturated carbocycles. The Morgan fingerprint density at radius 3 is 1.83 bits per heavy atom. The molecule has 0 spiro atoms. The average molecular weight is 448 g/mol. The Hall–Kier alpha value is -4.56. The van der Waals surface area contributed by atoms with Crippen LogP contribution in [0.15, 0.2) is 114 Å². The molecule has 0 aliphatic heterocycles. The molecule has 0 saturated heterocycles. The Morgan fingerprint density at radius 1 is 0.486 bits per heavy atom. The van der Waals surface area contributed by atoms with Crippen molar-refractivity contribution in [3.05, 3.63) is 115 Å². The van der Waals surface area contributed by atoms with Gasteiger partial charge >= 0.3 is 0 Å². The highest BCUT2D eigenvalue weighted by molar-refractivity contribution is 6.35. The van der Waals surface area contributed by atoms with Crippen LogP contribution in [0.25, 0.3) is 71.0 Å². The first-order valence-electron chi connectivity index (χ1n) is 12.0. The molecule has 8 aromatic rings. The van der Waals surface area contributed by atoms with Crippen LogP contribution in [0, 0.1) is 6.92 Å². The van der Waals surface area contributed by atoms with Crippen LogP contribution in [0.1, 0.15) is 5.56 Å². The molecular formula is C33H21NO. The number of furan rings is 1. The molecule has 0 fully saturated rings. The Kier molecular flexibility index (Phi) is 3.62. The number of rotatable bonds is 1. The van der Waals surface area contributed by atoms with Crippen LogP contribution >= 0.6 is 0 Å². The Labute approximate surface area is 201 Å². The molecule has 35 heavy (non-hydrogen) atoms. The second kappa shape index (κ2) is 6.74. The summed E-state index contributed by atoms with van der Waals surface area (Å²) in [6.45, 7) is 2.13. The molecule has 2 aromatic heterocycles. The molecule has 0 amide bonds. The minimum Gasteiger partial charge on any atom is -0.456 e. The lowest BCUT2D eigenvalue weighted by atomic mass is 9.98. The first-order chi connectivity index (χ1) is 17.3. The zero-order valence-corrected chi connectivity index (χ0v) is 19.2. The van der Waals surface area contributed by atoms with E-state index in [-0.39, 0.29) is 0 Å². The van der Waals surface area contributed by atoms with Gasteiger partial charge in [-0.3, -0.25) is 0 Å². The van der Waals surface area contributed by atoms with E-state index in [2.05, 4.69) is 121 Å². The molecule has 0 aliphatic rings. The van der Waals surface area contributed by atoms with Crippen LogP contribution in [-0.4, -0.2) is 4.57 Å². The first-order valence-corrected chi connectivity index (χ1v) is 12.0. The van der Waals surface area contributed by atoms with Gasteiger partial charge in [-0.1, -0.05) is 78.4 Å². The Bertz CT molecular complexity index is 2110. The van der Waals surface area contributed by atoms with E-state index in [0.29, 0.717) is 0 Å². The number of fused-ring (bicyclic) bond motifs is 11. The van der Waals surface area contributed by atoms with E-state index < -0.39 is 0 Å². The summed E-state index contributed by atoms with van der Waals surface area (Å²) in [5, 5.41) is 9.89. The van der Waals surface area contributed by atoms with E-state index in [1.807, 2.05) is 0 Å². The van der Waals surface area contributed by atoms with Gasteiger partial charge in [-0.15, -0.1) is 0 Å². The van der Waals surface area contributed by atoms with Crippen molar-refractivity contribution in [1.82, 2.24) is 4.57 Å². The third kappa shape index (κ3) is 2.49. The molecule has 2 heterocycles.